The molecule has 2 heteroatoms. The topological polar surface area (TPSA) is 0 Å². The van der Waals surface area contributed by atoms with Crippen LogP contribution in [0.5, 0.6) is 0 Å². The molecule has 0 radical (unpaired) electrons. The second kappa shape index (κ2) is 5.98. The van der Waals surface area contributed by atoms with Crippen LogP contribution in [0.1, 0.15) is 39.5 Å². The molecule has 3 unspecified atom stereocenters. The average Bonchev–Trinajstić information content (AvgIpc) is 2.52. The van der Waals surface area contributed by atoms with Gasteiger partial charge in [0.15, 0.2) is 0 Å². The Labute approximate surface area is 139 Å². The molecule has 0 spiro atoms. The second-order valence-electron chi connectivity index (χ2n) is 6.16. The molecule has 2 aliphatic carbocycles. The summed E-state index contributed by atoms with van der Waals surface area (Å²) in [7, 11) is 0. The second-order valence-corrected chi connectivity index (χ2v) is 9.17. The van der Waals surface area contributed by atoms with Crippen LogP contribution >= 0.6 is 45.2 Å². The monoisotopic (exact) mass is 468 g/mol. The van der Waals surface area contributed by atoms with E-state index >= 15 is 0 Å². The van der Waals surface area contributed by atoms with Crippen molar-refractivity contribution in [2.24, 2.45) is 17.3 Å². The Morgan fingerprint density at radius 3 is 2.78 bits per heavy atom. The molecule has 0 bridgehead atoms. The number of hydrogen-bond donors (Lipinski definition) is 0. The molecule has 0 aromatic rings. The minimum Gasteiger partial charge on any atom is -0.0990 e. The first-order valence-electron chi connectivity index (χ1n) is 6.78. The largest absolute Gasteiger partial charge is 0.0990 e. The van der Waals surface area contributed by atoms with E-state index in [1.165, 1.54) is 29.3 Å². The van der Waals surface area contributed by atoms with Gasteiger partial charge in [0.2, 0.25) is 0 Å². The molecule has 0 aliphatic heterocycles. The molecular weight excluding hydrogens is 446 g/mol. The highest BCUT2D eigenvalue weighted by Crippen LogP contribution is 2.57. The van der Waals surface area contributed by atoms with E-state index in [-0.39, 0.29) is 0 Å². The van der Waals surface area contributed by atoms with Crippen molar-refractivity contribution in [3.63, 3.8) is 0 Å². The van der Waals surface area contributed by atoms with E-state index in [1.54, 1.807) is 5.57 Å². The highest BCUT2D eigenvalue weighted by atomic mass is 127. The first-order valence-corrected chi connectivity index (χ1v) is 9.11. The predicted molar refractivity (Wildman–Crippen MR) is 97.4 cm³/mol. The lowest BCUT2D eigenvalue weighted by molar-refractivity contribution is 0.186. The molecule has 18 heavy (non-hydrogen) atoms. The molecule has 2 saturated carbocycles. The summed E-state index contributed by atoms with van der Waals surface area (Å²) in [4.78, 5) is 0. The molecule has 0 aromatic heterocycles. The number of rotatable bonds is 2. The van der Waals surface area contributed by atoms with Gasteiger partial charge in [-0.1, -0.05) is 54.7 Å². The summed E-state index contributed by atoms with van der Waals surface area (Å²) in [6.07, 6.45) is 12.0. The SMILES string of the molecule is C=C/C=C(I)\C=C1/CC2CCC(I)CC2C1(C)C. The van der Waals surface area contributed by atoms with Gasteiger partial charge in [0.25, 0.3) is 0 Å². The lowest BCUT2D eigenvalue weighted by Gasteiger charge is -2.36. The summed E-state index contributed by atoms with van der Waals surface area (Å²) >= 11 is 5.07. The van der Waals surface area contributed by atoms with Crippen molar-refractivity contribution in [1.82, 2.24) is 0 Å². The standard InChI is InChI=1S/C16H22I2/c1-4-5-13(17)9-12-8-11-6-7-14(18)10-15(11)16(12,2)3/h4-5,9,11,14-15H,1,6-8,10H2,2-3H3/b12-9+,13-5+. The van der Waals surface area contributed by atoms with Crippen LogP contribution in [0.2, 0.25) is 0 Å². The molecule has 0 heterocycles. The fourth-order valence-corrected chi connectivity index (χ4v) is 5.20. The van der Waals surface area contributed by atoms with Crippen LogP contribution in [-0.2, 0) is 0 Å². The molecule has 0 nitrogen and oxygen atoms in total. The molecule has 0 aromatic carbocycles. The smallest absolute Gasteiger partial charge is 0.0129 e. The highest BCUT2D eigenvalue weighted by molar-refractivity contribution is 14.1. The predicted octanol–water partition coefficient (Wildman–Crippen LogP) is 6.07. The molecule has 0 saturated heterocycles. The Morgan fingerprint density at radius 2 is 2.11 bits per heavy atom. The van der Waals surface area contributed by atoms with E-state index in [0.29, 0.717) is 5.41 Å². The van der Waals surface area contributed by atoms with Crippen molar-refractivity contribution in [3.8, 4) is 0 Å². The molecule has 2 fully saturated rings. The Balaban J connectivity index is 2.25. The number of alkyl halides is 1. The van der Waals surface area contributed by atoms with Gasteiger partial charge in [0.1, 0.15) is 0 Å². The molecular formula is C16H22I2. The van der Waals surface area contributed by atoms with Crippen molar-refractivity contribution >= 4 is 45.2 Å². The van der Waals surface area contributed by atoms with E-state index in [1.807, 2.05) is 6.08 Å². The van der Waals surface area contributed by atoms with Gasteiger partial charge in [-0.15, -0.1) is 0 Å². The Bertz CT molecular complexity index is 390. The van der Waals surface area contributed by atoms with Crippen LogP contribution in [-0.4, -0.2) is 3.92 Å². The van der Waals surface area contributed by atoms with Crippen LogP contribution in [0.25, 0.3) is 0 Å². The fraction of sp³-hybridized carbons (Fsp3) is 0.625. The zero-order chi connectivity index (χ0) is 13.3. The third kappa shape index (κ3) is 3.05. The Hall–Kier alpha value is 0.680. The van der Waals surface area contributed by atoms with Crippen LogP contribution < -0.4 is 0 Å². The van der Waals surface area contributed by atoms with Crippen LogP contribution in [0.4, 0.5) is 0 Å². The van der Waals surface area contributed by atoms with E-state index < -0.39 is 0 Å². The van der Waals surface area contributed by atoms with Gasteiger partial charge in [0, 0.05) is 7.50 Å². The molecule has 0 N–H and O–H groups in total. The molecule has 100 valence electrons. The summed E-state index contributed by atoms with van der Waals surface area (Å²) in [5.74, 6) is 1.83. The summed E-state index contributed by atoms with van der Waals surface area (Å²) in [5.41, 5.74) is 2.05. The summed E-state index contributed by atoms with van der Waals surface area (Å²) in [6.45, 7) is 8.69. The number of hydrogen-bond acceptors (Lipinski definition) is 0. The number of halogens is 2. The van der Waals surface area contributed by atoms with Crippen LogP contribution in [0, 0.1) is 17.3 Å². The van der Waals surface area contributed by atoms with Crippen molar-refractivity contribution in [3.05, 3.63) is 34.0 Å². The van der Waals surface area contributed by atoms with E-state index in [9.17, 15) is 0 Å². The maximum absolute atomic E-state index is 3.78. The van der Waals surface area contributed by atoms with Gasteiger partial charge in [-0.25, -0.2) is 0 Å². The van der Waals surface area contributed by atoms with Gasteiger partial charge < -0.3 is 0 Å². The average molecular weight is 468 g/mol. The molecule has 3 atom stereocenters. The third-order valence-electron chi connectivity index (χ3n) is 4.76. The van der Waals surface area contributed by atoms with Crippen LogP contribution in [0.15, 0.2) is 34.0 Å². The summed E-state index contributed by atoms with van der Waals surface area (Å²) in [5, 5.41) is 0. The van der Waals surface area contributed by atoms with E-state index in [2.05, 4.69) is 77.8 Å². The zero-order valence-corrected chi connectivity index (χ0v) is 15.6. The molecule has 2 aliphatic rings. The third-order valence-corrected chi connectivity index (χ3v) is 6.56. The minimum atomic E-state index is 0.389. The maximum Gasteiger partial charge on any atom is 0.0129 e. The van der Waals surface area contributed by atoms with Crippen molar-refractivity contribution in [2.75, 3.05) is 0 Å². The van der Waals surface area contributed by atoms with E-state index in [0.717, 1.165) is 15.8 Å². The van der Waals surface area contributed by atoms with Gasteiger partial charge in [-0.2, -0.15) is 0 Å². The highest BCUT2D eigenvalue weighted by Gasteiger charge is 2.47. The van der Waals surface area contributed by atoms with Crippen molar-refractivity contribution in [1.29, 1.82) is 0 Å². The minimum absolute atomic E-state index is 0.389. The quantitative estimate of drug-likeness (QED) is 0.263. The van der Waals surface area contributed by atoms with Crippen molar-refractivity contribution < 1.29 is 0 Å². The van der Waals surface area contributed by atoms with Crippen LogP contribution in [0.3, 0.4) is 0 Å². The number of fused-ring (bicyclic) bond motifs is 1. The Morgan fingerprint density at radius 1 is 1.39 bits per heavy atom. The zero-order valence-electron chi connectivity index (χ0n) is 11.3. The summed E-state index contributed by atoms with van der Waals surface area (Å²) < 4.78 is 2.21. The van der Waals surface area contributed by atoms with Gasteiger partial charge in [-0.3, -0.25) is 0 Å². The number of allylic oxidation sites excluding steroid dienone is 5. The molecule has 0 amide bonds. The van der Waals surface area contributed by atoms with Gasteiger partial charge >= 0.3 is 0 Å². The van der Waals surface area contributed by atoms with E-state index in [4.69, 9.17) is 0 Å². The maximum atomic E-state index is 3.78. The van der Waals surface area contributed by atoms with Gasteiger partial charge in [-0.05, 0) is 77.7 Å². The fourth-order valence-electron chi connectivity index (χ4n) is 3.67. The summed E-state index contributed by atoms with van der Waals surface area (Å²) in [6, 6.07) is 0. The normalized spacial score (nSPS) is 37.7. The first kappa shape index (κ1) is 15.1. The molecule has 2 rings (SSSR count). The lowest BCUT2D eigenvalue weighted by atomic mass is 9.71. The van der Waals surface area contributed by atoms with Crippen molar-refractivity contribution in [2.45, 2.75) is 43.5 Å². The van der Waals surface area contributed by atoms with Gasteiger partial charge in [0.05, 0.1) is 0 Å². The first-order chi connectivity index (χ1) is 8.45. The lowest BCUT2D eigenvalue weighted by Crippen LogP contribution is -2.29. The Kier molecular flexibility index (Phi) is 5.01.